The van der Waals surface area contributed by atoms with Crippen molar-refractivity contribution in [3.8, 4) is 28.8 Å². The lowest BCUT2D eigenvalue weighted by Crippen LogP contribution is -1.94. The molecule has 0 spiro atoms. The Morgan fingerprint density at radius 3 is 2.64 bits per heavy atom. The Bertz CT molecular complexity index is 996. The predicted octanol–water partition coefficient (Wildman–Crippen LogP) is 6.35. The molecule has 28 heavy (non-hydrogen) atoms. The highest BCUT2D eigenvalue weighted by molar-refractivity contribution is 5.88. The molecule has 0 amide bonds. The zero-order chi connectivity index (χ0) is 19.8. The third kappa shape index (κ3) is 5.44. The van der Waals surface area contributed by atoms with Gasteiger partial charge in [0.05, 0.1) is 6.17 Å². The summed E-state index contributed by atoms with van der Waals surface area (Å²) in [6.07, 6.45) is 4.87. The fourth-order valence-corrected chi connectivity index (χ4v) is 2.92. The van der Waals surface area contributed by atoms with Crippen LogP contribution < -0.4 is 4.74 Å². The van der Waals surface area contributed by atoms with Crippen molar-refractivity contribution < 1.29 is 9.13 Å². The molecule has 1 aromatic heterocycles. The Balaban J connectivity index is 1.72. The van der Waals surface area contributed by atoms with Gasteiger partial charge in [-0.1, -0.05) is 42.7 Å². The highest BCUT2D eigenvalue weighted by Crippen LogP contribution is 2.25. The van der Waals surface area contributed by atoms with Crippen LogP contribution in [-0.2, 0) is 0 Å². The summed E-state index contributed by atoms with van der Waals surface area (Å²) in [4.78, 5) is 4.33. The van der Waals surface area contributed by atoms with Crippen LogP contribution in [-0.4, -0.2) is 17.8 Å². The zero-order valence-corrected chi connectivity index (χ0v) is 16.1. The molecular formula is C25H24FNO. The first-order valence-corrected chi connectivity index (χ1v) is 9.52. The number of rotatable bonds is 7. The second-order valence-electron chi connectivity index (χ2n) is 6.74. The third-order valence-electron chi connectivity index (χ3n) is 4.40. The zero-order valence-electron chi connectivity index (χ0n) is 16.1. The number of pyridine rings is 1. The first-order chi connectivity index (χ1) is 13.7. The number of aromatic nitrogens is 1. The van der Waals surface area contributed by atoms with Crippen molar-refractivity contribution in [1.82, 2.24) is 4.98 Å². The second-order valence-corrected chi connectivity index (χ2v) is 6.74. The summed E-state index contributed by atoms with van der Waals surface area (Å²) < 4.78 is 18.2. The lowest BCUT2D eigenvalue weighted by molar-refractivity contribution is 0.336. The highest BCUT2D eigenvalue weighted by Gasteiger charge is 2.02. The third-order valence-corrected chi connectivity index (χ3v) is 4.40. The Kier molecular flexibility index (Phi) is 6.81. The summed E-state index contributed by atoms with van der Waals surface area (Å²) in [6, 6.07) is 16.4. The molecule has 0 N–H and O–H groups in total. The van der Waals surface area contributed by atoms with Gasteiger partial charge in [-0.25, -0.2) is 9.37 Å². The van der Waals surface area contributed by atoms with E-state index in [1.165, 1.54) is 0 Å². The molecule has 0 aliphatic carbocycles. The van der Waals surface area contributed by atoms with E-state index in [-0.39, 0.29) is 0 Å². The molecule has 2 aromatic carbocycles. The van der Waals surface area contributed by atoms with Crippen molar-refractivity contribution in [2.24, 2.45) is 0 Å². The summed E-state index contributed by atoms with van der Waals surface area (Å²) in [5, 5.41) is 2.30. The first kappa shape index (κ1) is 19.6. The van der Waals surface area contributed by atoms with Gasteiger partial charge in [0.15, 0.2) is 0 Å². The average Bonchev–Trinajstić information content (AvgIpc) is 2.71. The van der Waals surface area contributed by atoms with Crippen molar-refractivity contribution in [3.05, 3.63) is 72.9 Å². The van der Waals surface area contributed by atoms with Crippen LogP contribution in [0.15, 0.2) is 67.4 Å². The van der Waals surface area contributed by atoms with Gasteiger partial charge >= 0.3 is 0 Å². The van der Waals surface area contributed by atoms with Crippen molar-refractivity contribution in [2.45, 2.75) is 32.4 Å². The number of hydrogen-bond donors (Lipinski definition) is 0. The van der Waals surface area contributed by atoms with Crippen molar-refractivity contribution in [3.63, 3.8) is 0 Å². The van der Waals surface area contributed by atoms with Gasteiger partial charge in [-0.15, -0.1) is 0 Å². The van der Waals surface area contributed by atoms with Gasteiger partial charge < -0.3 is 4.74 Å². The van der Waals surface area contributed by atoms with Crippen LogP contribution in [0.3, 0.4) is 0 Å². The monoisotopic (exact) mass is 373 g/mol. The minimum Gasteiger partial charge on any atom is -0.473 e. The number of ether oxygens (including phenoxy) is 1. The molecule has 3 aromatic rings. The minimum atomic E-state index is -0.747. The second kappa shape index (κ2) is 9.71. The van der Waals surface area contributed by atoms with E-state index in [0.717, 1.165) is 40.3 Å². The molecule has 1 unspecified atom stereocenters. The average molecular weight is 373 g/mol. The van der Waals surface area contributed by atoms with Gasteiger partial charge in [0, 0.05) is 29.8 Å². The van der Waals surface area contributed by atoms with E-state index in [1.54, 1.807) is 13.0 Å². The van der Waals surface area contributed by atoms with Crippen LogP contribution >= 0.6 is 0 Å². The van der Waals surface area contributed by atoms with Crippen molar-refractivity contribution in [2.75, 3.05) is 6.61 Å². The van der Waals surface area contributed by atoms with Crippen LogP contribution in [0, 0.1) is 11.8 Å². The van der Waals surface area contributed by atoms with E-state index >= 15 is 0 Å². The SMILES string of the molecule is C=CCOc1ccc(-c2ccc3cc(C#CCCCC(C)F)ccc3c2)cn1. The molecule has 0 radical (unpaired) electrons. The number of hydrogen-bond acceptors (Lipinski definition) is 2. The fraction of sp³-hybridized carbons (Fsp3) is 0.240. The Hall–Kier alpha value is -3.12. The van der Waals surface area contributed by atoms with E-state index in [2.05, 4.69) is 53.7 Å². The number of alkyl halides is 1. The first-order valence-electron chi connectivity index (χ1n) is 9.52. The normalized spacial score (nSPS) is 11.5. The summed E-state index contributed by atoms with van der Waals surface area (Å²) in [5.74, 6) is 6.90. The molecule has 0 fully saturated rings. The van der Waals surface area contributed by atoms with Gasteiger partial charge in [-0.2, -0.15) is 0 Å². The Labute approximate surface area is 166 Å². The molecular weight excluding hydrogens is 349 g/mol. The molecule has 0 aliphatic heterocycles. The Morgan fingerprint density at radius 2 is 1.89 bits per heavy atom. The van der Waals surface area contributed by atoms with Crippen LogP contribution in [0.1, 0.15) is 31.7 Å². The van der Waals surface area contributed by atoms with Crippen LogP contribution in [0.4, 0.5) is 4.39 Å². The van der Waals surface area contributed by atoms with E-state index < -0.39 is 6.17 Å². The van der Waals surface area contributed by atoms with Crippen LogP contribution in [0.25, 0.3) is 21.9 Å². The molecule has 3 heteroatoms. The maximum Gasteiger partial charge on any atom is 0.213 e. The maximum atomic E-state index is 12.8. The number of halogens is 1. The maximum absolute atomic E-state index is 12.8. The fourth-order valence-electron chi connectivity index (χ4n) is 2.92. The number of fused-ring (bicyclic) bond motifs is 1. The van der Waals surface area contributed by atoms with E-state index in [0.29, 0.717) is 18.9 Å². The van der Waals surface area contributed by atoms with Crippen LogP contribution in [0.2, 0.25) is 0 Å². The van der Waals surface area contributed by atoms with Gasteiger partial charge in [-0.3, -0.25) is 0 Å². The number of unbranched alkanes of at least 4 members (excludes halogenated alkanes) is 1. The van der Waals surface area contributed by atoms with Crippen molar-refractivity contribution >= 4 is 10.8 Å². The molecule has 1 atom stereocenters. The van der Waals surface area contributed by atoms with E-state index in [4.69, 9.17) is 4.74 Å². The summed E-state index contributed by atoms with van der Waals surface area (Å²) >= 11 is 0. The van der Waals surface area contributed by atoms with Gasteiger partial charge in [0.1, 0.15) is 6.61 Å². The lowest BCUT2D eigenvalue weighted by atomic mass is 10.0. The summed E-state index contributed by atoms with van der Waals surface area (Å²) in [5.41, 5.74) is 3.13. The van der Waals surface area contributed by atoms with Crippen LogP contribution in [0.5, 0.6) is 5.88 Å². The van der Waals surface area contributed by atoms with Crippen molar-refractivity contribution in [1.29, 1.82) is 0 Å². The Morgan fingerprint density at radius 1 is 1.11 bits per heavy atom. The van der Waals surface area contributed by atoms with Gasteiger partial charge in [0.2, 0.25) is 5.88 Å². The molecule has 0 bridgehead atoms. The smallest absolute Gasteiger partial charge is 0.213 e. The van der Waals surface area contributed by atoms with Gasteiger partial charge in [-0.05, 0) is 60.4 Å². The molecule has 0 saturated carbocycles. The largest absolute Gasteiger partial charge is 0.473 e. The predicted molar refractivity (Wildman–Crippen MR) is 114 cm³/mol. The molecule has 3 rings (SSSR count). The number of nitrogens with zero attached hydrogens (tertiary/aromatic N) is 1. The minimum absolute atomic E-state index is 0.447. The van der Waals surface area contributed by atoms with E-state index in [1.807, 2.05) is 24.4 Å². The summed E-state index contributed by atoms with van der Waals surface area (Å²) in [6.45, 7) is 5.67. The standard InChI is InChI=1S/C25H24FNO/c1-3-15-28-25-14-13-24(18-27-25)23-12-11-21-16-20(9-10-22(21)17-23)8-6-4-5-7-19(2)26/h3,9-14,16-19H,1,4-5,7,15H2,2H3. The molecule has 2 nitrogen and oxygen atoms in total. The quantitative estimate of drug-likeness (QED) is 0.274. The number of benzene rings is 2. The molecule has 0 aliphatic rings. The highest BCUT2D eigenvalue weighted by atomic mass is 19.1. The van der Waals surface area contributed by atoms with E-state index in [9.17, 15) is 4.39 Å². The molecule has 142 valence electrons. The lowest BCUT2D eigenvalue weighted by Gasteiger charge is -2.06. The van der Waals surface area contributed by atoms with Gasteiger partial charge in [0.25, 0.3) is 0 Å². The molecule has 0 saturated heterocycles. The summed E-state index contributed by atoms with van der Waals surface area (Å²) in [7, 11) is 0. The topological polar surface area (TPSA) is 22.1 Å². The molecule has 1 heterocycles.